The van der Waals surface area contributed by atoms with Crippen LogP contribution < -0.4 is 4.72 Å². The lowest BCUT2D eigenvalue weighted by atomic mass is 10.1. The Labute approximate surface area is 141 Å². The lowest BCUT2D eigenvalue weighted by Gasteiger charge is -2.04. The maximum absolute atomic E-state index is 13.3. The fourth-order valence-electron chi connectivity index (χ4n) is 2.51. The Hall–Kier alpha value is -2.51. The number of benzene rings is 3. The summed E-state index contributed by atoms with van der Waals surface area (Å²) in [7, 11) is -3.88. The van der Waals surface area contributed by atoms with Gasteiger partial charge in [-0.3, -0.25) is 4.72 Å². The van der Waals surface area contributed by atoms with Gasteiger partial charge >= 0.3 is 0 Å². The summed E-state index contributed by atoms with van der Waals surface area (Å²) in [4.78, 5) is 4.28. The molecule has 0 aliphatic carbocycles. The molecule has 1 N–H and O–H groups in total. The van der Waals surface area contributed by atoms with E-state index in [1.54, 1.807) is 0 Å². The summed E-state index contributed by atoms with van der Waals surface area (Å²) < 4.78 is 41.3. The molecule has 0 fully saturated rings. The fraction of sp³-hybridized carbons (Fsp3) is 0. The van der Waals surface area contributed by atoms with Crippen molar-refractivity contribution in [3.63, 3.8) is 0 Å². The normalized spacial score (nSPS) is 11.9. The number of nitrogens with zero attached hydrogens (tertiary/aromatic N) is 1. The number of nitrogens with one attached hydrogen (secondary N) is 1. The van der Waals surface area contributed by atoms with E-state index < -0.39 is 15.8 Å². The first-order chi connectivity index (χ1) is 11.5. The van der Waals surface area contributed by atoms with E-state index in [0.29, 0.717) is 0 Å². The third-order valence-corrected chi connectivity index (χ3v) is 6.01. The van der Waals surface area contributed by atoms with E-state index >= 15 is 0 Å². The standard InChI is InChI=1S/C17H11FN2O2S2/c18-12-5-3-6-13(10-12)24(21,22)20-17-19-16-14-7-2-1-4-11(14)8-9-15(16)23-17/h1-10H,(H,19,20). The van der Waals surface area contributed by atoms with Gasteiger partial charge in [0.05, 0.1) is 15.1 Å². The number of anilines is 1. The van der Waals surface area contributed by atoms with Gasteiger partial charge in [-0.05, 0) is 29.7 Å². The number of sulfonamides is 1. The molecule has 7 heteroatoms. The predicted molar refractivity (Wildman–Crippen MR) is 94.3 cm³/mol. The van der Waals surface area contributed by atoms with Gasteiger partial charge in [0.2, 0.25) is 0 Å². The maximum atomic E-state index is 13.3. The van der Waals surface area contributed by atoms with Crippen molar-refractivity contribution in [3.8, 4) is 0 Å². The lowest BCUT2D eigenvalue weighted by Crippen LogP contribution is -2.12. The molecule has 0 saturated carbocycles. The molecule has 0 aliphatic heterocycles. The second-order valence-electron chi connectivity index (χ2n) is 5.22. The highest BCUT2D eigenvalue weighted by atomic mass is 32.2. The summed E-state index contributed by atoms with van der Waals surface area (Å²) in [5.41, 5.74) is 0.745. The second-order valence-corrected chi connectivity index (χ2v) is 7.93. The molecule has 0 atom stereocenters. The molecule has 4 nitrogen and oxygen atoms in total. The number of aromatic nitrogens is 1. The Morgan fingerprint density at radius 1 is 1.00 bits per heavy atom. The van der Waals surface area contributed by atoms with Crippen LogP contribution in [0.1, 0.15) is 0 Å². The molecule has 1 heterocycles. The van der Waals surface area contributed by atoms with Crippen LogP contribution in [0.15, 0.2) is 65.6 Å². The van der Waals surface area contributed by atoms with Crippen LogP contribution in [0.5, 0.6) is 0 Å². The van der Waals surface area contributed by atoms with E-state index in [1.165, 1.54) is 29.5 Å². The van der Waals surface area contributed by atoms with Crippen LogP contribution in [-0.4, -0.2) is 13.4 Å². The largest absolute Gasteiger partial charge is 0.263 e. The third kappa shape index (κ3) is 2.61. The van der Waals surface area contributed by atoms with Crippen LogP contribution >= 0.6 is 11.3 Å². The van der Waals surface area contributed by atoms with E-state index in [9.17, 15) is 12.8 Å². The van der Waals surface area contributed by atoms with Crippen LogP contribution in [0, 0.1) is 5.82 Å². The Bertz CT molecular complexity index is 1170. The van der Waals surface area contributed by atoms with Crippen molar-refractivity contribution >= 4 is 47.5 Å². The summed E-state index contributed by atoms with van der Waals surface area (Å²) in [5, 5.41) is 2.25. The van der Waals surface area contributed by atoms with Gasteiger partial charge in [0.15, 0.2) is 5.13 Å². The van der Waals surface area contributed by atoms with Crippen molar-refractivity contribution in [1.29, 1.82) is 0 Å². The van der Waals surface area contributed by atoms with E-state index in [-0.39, 0.29) is 10.0 Å². The molecule has 0 aliphatic rings. The minimum absolute atomic E-state index is 0.133. The Morgan fingerprint density at radius 2 is 1.83 bits per heavy atom. The Morgan fingerprint density at radius 3 is 2.67 bits per heavy atom. The van der Waals surface area contributed by atoms with Crippen molar-refractivity contribution < 1.29 is 12.8 Å². The quantitative estimate of drug-likeness (QED) is 0.591. The molecule has 0 amide bonds. The molecule has 4 rings (SSSR count). The van der Waals surface area contributed by atoms with Crippen molar-refractivity contribution in [3.05, 3.63) is 66.5 Å². The first kappa shape index (κ1) is 15.0. The number of hydrogen-bond acceptors (Lipinski definition) is 4. The fourth-order valence-corrected chi connectivity index (χ4v) is 4.66. The molecular formula is C17H11FN2O2S2. The van der Waals surface area contributed by atoms with Gasteiger partial charge in [0.1, 0.15) is 5.82 Å². The molecule has 24 heavy (non-hydrogen) atoms. The number of rotatable bonds is 3. The molecule has 0 bridgehead atoms. The van der Waals surface area contributed by atoms with Gasteiger partial charge in [-0.25, -0.2) is 17.8 Å². The topological polar surface area (TPSA) is 59.1 Å². The summed E-state index contributed by atoms with van der Waals surface area (Å²) in [5.74, 6) is -0.604. The highest BCUT2D eigenvalue weighted by Crippen LogP contribution is 2.32. The zero-order valence-corrected chi connectivity index (χ0v) is 13.9. The van der Waals surface area contributed by atoms with Crippen LogP contribution in [0.3, 0.4) is 0 Å². The van der Waals surface area contributed by atoms with E-state index in [1.807, 2.05) is 36.4 Å². The first-order valence-electron chi connectivity index (χ1n) is 7.10. The highest BCUT2D eigenvalue weighted by Gasteiger charge is 2.17. The summed E-state index contributed by atoms with van der Waals surface area (Å²) >= 11 is 1.24. The van der Waals surface area contributed by atoms with E-state index in [2.05, 4.69) is 9.71 Å². The van der Waals surface area contributed by atoms with Gasteiger partial charge in [-0.15, -0.1) is 0 Å². The Balaban J connectivity index is 1.78. The predicted octanol–water partition coefficient (Wildman–Crippen LogP) is 4.39. The number of thiazole rings is 1. The van der Waals surface area contributed by atoms with Crippen molar-refractivity contribution in [2.75, 3.05) is 4.72 Å². The average molecular weight is 358 g/mol. The molecule has 0 saturated heterocycles. The minimum Gasteiger partial charge on any atom is -0.255 e. The zero-order valence-electron chi connectivity index (χ0n) is 12.2. The monoisotopic (exact) mass is 358 g/mol. The van der Waals surface area contributed by atoms with Gasteiger partial charge in [-0.2, -0.15) is 0 Å². The summed E-state index contributed by atoms with van der Waals surface area (Å²) in [6, 6.07) is 16.5. The molecule has 1 aromatic heterocycles. The van der Waals surface area contributed by atoms with Gasteiger partial charge < -0.3 is 0 Å². The SMILES string of the molecule is O=S(=O)(Nc1nc2c(ccc3ccccc32)s1)c1cccc(F)c1. The number of fused-ring (bicyclic) bond motifs is 3. The molecule has 120 valence electrons. The average Bonchev–Trinajstić information content (AvgIpc) is 2.97. The van der Waals surface area contributed by atoms with Crippen molar-refractivity contribution in [2.24, 2.45) is 0 Å². The molecule has 4 aromatic rings. The smallest absolute Gasteiger partial charge is 0.255 e. The van der Waals surface area contributed by atoms with Crippen molar-refractivity contribution in [2.45, 2.75) is 4.90 Å². The summed E-state index contributed by atoms with van der Waals surface area (Å²) in [6.45, 7) is 0. The maximum Gasteiger partial charge on any atom is 0.263 e. The van der Waals surface area contributed by atoms with Crippen LogP contribution in [-0.2, 0) is 10.0 Å². The van der Waals surface area contributed by atoms with E-state index in [4.69, 9.17) is 0 Å². The lowest BCUT2D eigenvalue weighted by molar-refractivity contribution is 0.595. The summed E-state index contributed by atoms with van der Waals surface area (Å²) in [6.07, 6.45) is 0. The number of halogens is 1. The zero-order chi connectivity index (χ0) is 16.7. The molecule has 0 radical (unpaired) electrons. The molecule has 0 unspecified atom stereocenters. The highest BCUT2D eigenvalue weighted by molar-refractivity contribution is 7.93. The third-order valence-electron chi connectivity index (χ3n) is 3.61. The van der Waals surface area contributed by atoms with Crippen molar-refractivity contribution in [1.82, 2.24) is 4.98 Å². The molecule has 3 aromatic carbocycles. The van der Waals surface area contributed by atoms with Crippen LogP contribution in [0.4, 0.5) is 9.52 Å². The molecule has 0 spiro atoms. The van der Waals surface area contributed by atoms with Gasteiger partial charge in [0, 0.05) is 5.39 Å². The van der Waals surface area contributed by atoms with E-state index in [0.717, 1.165) is 27.1 Å². The van der Waals surface area contributed by atoms with Crippen LogP contribution in [0.25, 0.3) is 21.0 Å². The Kier molecular flexibility index (Phi) is 3.47. The second kappa shape index (κ2) is 5.54. The first-order valence-corrected chi connectivity index (χ1v) is 9.40. The number of hydrogen-bond donors (Lipinski definition) is 1. The van der Waals surface area contributed by atoms with Crippen LogP contribution in [0.2, 0.25) is 0 Å². The van der Waals surface area contributed by atoms with Gasteiger partial charge in [0.25, 0.3) is 10.0 Å². The molecular weight excluding hydrogens is 347 g/mol. The minimum atomic E-state index is -3.88. The van der Waals surface area contributed by atoms with Gasteiger partial charge in [-0.1, -0.05) is 47.7 Å².